The molecule has 104 valence electrons. The zero-order chi connectivity index (χ0) is 13.8. The van der Waals surface area contributed by atoms with E-state index in [2.05, 4.69) is 10.3 Å². The van der Waals surface area contributed by atoms with E-state index in [1.54, 1.807) is 17.1 Å². The quantitative estimate of drug-likeness (QED) is 0.634. The smallest absolute Gasteiger partial charge is 0.305 e. The molecule has 1 aromatic rings. The van der Waals surface area contributed by atoms with Crippen LogP contribution in [0.1, 0.15) is 29.8 Å². The first kappa shape index (κ1) is 13.5. The zero-order valence-corrected chi connectivity index (χ0v) is 10.6. The van der Waals surface area contributed by atoms with E-state index in [0.29, 0.717) is 18.8 Å². The summed E-state index contributed by atoms with van der Waals surface area (Å²) in [6, 6.07) is -0.301. The zero-order valence-electron chi connectivity index (χ0n) is 10.6. The molecule has 2 rings (SSSR count). The van der Waals surface area contributed by atoms with Gasteiger partial charge in [0.25, 0.3) is 5.91 Å². The monoisotopic (exact) mass is 266 g/mol. The van der Waals surface area contributed by atoms with Gasteiger partial charge in [0.15, 0.2) is 0 Å². The van der Waals surface area contributed by atoms with Gasteiger partial charge in [-0.25, -0.2) is 4.98 Å². The molecule has 1 unspecified atom stereocenters. The van der Waals surface area contributed by atoms with E-state index in [-0.39, 0.29) is 24.3 Å². The lowest BCUT2D eigenvalue weighted by Gasteiger charge is -2.15. The van der Waals surface area contributed by atoms with Gasteiger partial charge in [0.2, 0.25) is 0 Å². The second-order valence-electron chi connectivity index (χ2n) is 4.80. The lowest BCUT2D eigenvalue weighted by molar-refractivity contribution is -0.137. The van der Waals surface area contributed by atoms with Crippen LogP contribution in [0.4, 0.5) is 0 Å². The molecule has 1 saturated carbocycles. The van der Waals surface area contributed by atoms with E-state index in [0.717, 1.165) is 12.8 Å². The van der Waals surface area contributed by atoms with Crippen molar-refractivity contribution in [2.45, 2.75) is 31.8 Å². The number of nitrogens with one attached hydrogen (secondary N) is 1. The summed E-state index contributed by atoms with van der Waals surface area (Å²) < 4.78 is 1.73. The van der Waals surface area contributed by atoms with E-state index < -0.39 is 5.97 Å². The Bertz CT molecular complexity index is 467. The number of hydrogen-bond acceptors (Lipinski definition) is 4. The molecule has 7 nitrogen and oxygen atoms in total. The minimum Gasteiger partial charge on any atom is -0.481 e. The molecule has 1 heterocycles. The Labute approximate surface area is 110 Å². The van der Waals surface area contributed by atoms with Gasteiger partial charge >= 0.3 is 5.97 Å². The molecular weight excluding hydrogens is 248 g/mol. The molecule has 1 aliphatic rings. The van der Waals surface area contributed by atoms with Crippen LogP contribution < -0.4 is 11.1 Å². The third-order valence-electron chi connectivity index (χ3n) is 3.16. The van der Waals surface area contributed by atoms with Gasteiger partial charge in [0, 0.05) is 25.3 Å². The molecule has 0 radical (unpaired) electrons. The van der Waals surface area contributed by atoms with E-state index in [1.165, 1.54) is 0 Å². The number of aliphatic carboxylic acids is 1. The number of amides is 1. The number of hydrogen-bond donors (Lipinski definition) is 3. The summed E-state index contributed by atoms with van der Waals surface area (Å²) in [4.78, 5) is 26.7. The SMILES string of the molecule is NCCn1cnc(C(=O)NC(CC(=O)O)C2CC2)c1. The predicted molar refractivity (Wildman–Crippen MR) is 67.5 cm³/mol. The second kappa shape index (κ2) is 5.83. The molecule has 4 N–H and O–H groups in total. The van der Waals surface area contributed by atoms with Gasteiger partial charge < -0.3 is 20.7 Å². The Kier molecular flexibility index (Phi) is 4.16. The van der Waals surface area contributed by atoms with E-state index >= 15 is 0 Å². The summed E-state index contributed by atoms with van der Waals surface area (Å²) in [7, 11) is 0. The number of carbonyl (C=O) groups is 2. The van der Waals surface area contributed by atoms with Crippen LogP contribution in [-0.4, -0.2) is 39.1 Å². The summed E-state index contributed by atoms with van der Waals surface area (Å²) in [6.45, 7) is 1.07. The lowest BCUT2D eigenvalue weighted by Crippen LogP contribution is -2.38. The highest BCUT2D eigenvalue weighted by atomic mass is 16.4. The third-order valence-corrected chi connectivity index (χ3v) is 3.16. The normalized spacial score (nSPS) is 16.1. The highest BCUT2D eigenvalue weighted by molar-refractivity contribution is 5.92. The van der Waals surface area contributed by atoms with Crippen LogP contribution in [0.15, 0.2) is 12.5 Å². The van der Waals surface area contributed by atoms with Crippen LogP contribution >= 0.6 is 0 Å². The standard InChI is InChI=1S/C12H18N4O3/c13-3-4-16-6-10(14-7-16)12(19)15-9(5-11(17)18)8-1-2-8/h6-9H,1-5,13H2,(H,15,19)(H,17,18). The molecule has 1 fully saturated rings. The highest BCUT2D eigenvalue weighted by Crippen LogP contribution is 2.34. The largest absolute Gasteiger partial charge is 0.481 e. The number of aromatic nitrogens is 2. The molecule has 1 aliphatic carbocycles. The molecule has 1 aromatic heterocycles. The van der Waals surface area contributed by atoms with Gasteiger partial charge in [-0.2, -0.15) is 0 Å². The van der Waals surface area contributed by atoms with Crippen molar-refractivity contribution in [3.05, 3.63) is 18.2 Å². The van der Waals surface area contributed by atoms with Gasteiger partial charge in [-0.05, 0) is 18.8 Å². The van der Waals surface area contributed by atoms with Crippen LogP contribution in [0.2, 0.25) is 0 Å². The molecule has 0 saturated heterocycles. The minimum atomic E-state index is -0.897. The van der Waals surface area contributed by atoms with Crippen LogP contribution in [0.5, 0.6) is 0 Å². The molecule has 19 heavy (non-hydrogen) atoms. The fourth-order valence-electron chi connectivity index (χ4n) is 2.01. The highest BCUT2D eigenvalue weighted by Gasteiger charge is 2.34. The van der Waals surface area contributed by atoms with Crippen LogP contribution in [0.3, 0.4) is 0 Å². The fraction of sp³-hybridized carbons (Fsp3) is 0.583. The number of carboxylic acids is 1. The molecule has 0 bridgehead atoms. The fourth-order valence-corrected chi connectivity index (χ4v) is 2.01. The van der Waals surface area contributed by atoms with Crippen molar-refractivity contribution in [2.24, 2.45) is 11.7 Å². The van der Waals surface area contributed by atoms with Crippen LogP contribution in [0.25, 0.3) is 0 Å². The predicted octanol–water partition coefficient (Wildman–Crippen LogP) is -0.175. The topological polar surface area (TPSA) is 110 Å². The lowest BCUT2D eigenvalue weighted by atomic mass is 10.1. The Hall–Kier alpha value is -1.89. The Morgan fingerprint density at radius 3 is 2.89 bits per heavy atom. The number of nitrogens with zero attached hydrogens (tertiary/aromatic N) is 2. The van der Waals surface area contributed by atoms with Gasteiger partial charge in [-0.15, -0.1) is 0 Å². The van der Waals surface area contributed by atoms with Crippen molar-refractivity contribution >= 4 is 11.9 Å². The molecule has 1 atom stereocenters. The Morgan fingerprint density at radius 1 is 1.58 bits per heavy atom. The Balaban J connectivity index is 1.95. The molecule has 0 aliphatic heterocycles. The Morgan fingerprint density at radius 2 is 2.32 bits per heavy atom. The third kappa shape index (κ3) is 3.78. The van der Waals surface area contributed by atoms with Crippen molar-refractivity contribution < 1.29 is 14.7 Å². The van der Waals surface area contributed by atoms with Crippen molar-refractivity contribution in [1.29, 1.82) is 0 Å². The second-order valence-corrected chi connectivity index (χ2v) is 4.80. The van der Waals surface area contributed by atoms with Crippen molar-refractivity contribution in [1.82, 2.24) is 14.9 Å². The summed E-state index contributed by atoms with van der Waals surface area (Å²) in [6.07, 6.45) is 5.07. The first-order chi connectivity index (χ1) is 9.10. The van der Waals surface area contributed by atoms with Gasteiger partial charge in [0.05, 0.1) is 12.7 Å². The minimum absolute atomic E-state index is 0.0418. The molecule has 1 amide bonds. The average molecular weight is 266 g/mol. The first-order valence-electron chi connectivity index (χ1n) is 6.34. The van der Waals surface area contributed by atoms with E-state index in [9.17, 15) is 9.59 Å². The summed E-state index contributed by atoms with van der Waals surface area (Å²) in [5.41, 5.74) is 5.71. The maximum Gasteiger partial charge on any atom is 0.305 e. The van der Waals surface area contributed by atoms with Crippen molar-refractivity contribution in [3.8, 4) is 0 Å². The van der Waals surface area contributed by atoms with Crippen LogP contribution in [0, 0.1) is 5.92 Å². The molecule has 0 aromatic carbocycles. The summed E-state index contributed by atoms with van der Waals surface area (Å²) in [5, 5.41) is 11.6. The number of nitrogens with two attached hydrogens (primary N) is 1. The molecular formula is C12H18N4O3. The number of carbonyl (C=O) groups excluding carboxylic acids is 1. The first-order valence-corrected chi connectivity index (χ1v) is 6.34. The maximum atomic E-state index is 12.0. The van der Waals surface area contributed by atoms with E-state index in [1.807, 2.05) is 0 Å². The number of rotatable bonds is 7. The van der Waals surface area contributed by atoms with Crippen LogP contribution in [-0.2, 0) is 11.3 Å². The number of imidazole rings is 1. The molecule has 0 spiro atoms. The summed E-state index contributed by atoms with van der Waals surface area (Å²) >= 11 is 0. The van der Waals surface area contributed by atoms with Gasteiger partial charge in [-0.3, -0.25) is 9.59 Å². The van der Waals surface area contributed by atoms with E-state index in [4.69, 9.17) is 10.8 Å². The van der Waals surface area contributed by atoms with Gasteiger partial charge in [-0.1, -0.05) is 0 Å². The van der Waals surface area contributed by atoms with Crippen molar-refractivity contribution in [3.63, 3.8) is 0 Å². The molecule has 7 heteroatoms. The summed E-state index contributed by atoms with van der Waals surface area (Å²) in [5.74, 6) is -0.939. The number of carboxylic acid groups (broad SMARTS) is 1. The van der Waals surface area contributed by atoms with Gasteiger partial charge in [0.1, 0.15) is 5.69 Å². The maximum absolute atomic E-state index is 12.0. The average Bonchev–Trinajstić information content (AvgIpc) is 3.09. The van der Waals surface area contributed by atoms with Crippen molar-refractivity contribution in [2.75, 3.05) is 6.54 Å².